The second kappa shape index (κ2) is 7.19. The molecule has 0 saturated heterocycles. The highest BCUT2D eigenvalue weighted by molar-refractivity contribution is 5.92. The Balaban J connectivity index is 1.58. The van der Waals surface area contributed by atoms with Gasteiger partial charge in [-0.1, -0.05) is 12.1 Å². The molecule has 142 valence electrons. The van der Waals surface area contributed by atoms with E-state index >= 15 is 0 Å². The predicted octanol–water partition coefficient (Wildman–Crippen LogP) is 3.43. The Kier molecular flexibility index (Phi) is 4.57. The minimum atomic E-state index is -0.283. The SMILES string of the molecule is CCn1c(=O)n(CC(=O)Nc2cccc(-c3ccc(C)o3)c2)c2cccnc21. The quantitative estimate of drug-likeness (QED) is 0.579. The zero-order chi connectivity index (χ0) is 19.7. The first-order valence-electron chi connectivity index (χ1n) is 9.07. The van der Waals surface area contributed by atoms with E-state index in [2.05, 4.69) is 10.3 Å². The normalized spacial score (nSPS) is 11.1. The number of anilines is 1. The summed E-state index contributed by atoms with van der Waals surface area (Å²) in [4.78, 5) is 29.5. The average molecular weight is 376 g/mol. The van der Waals surface area contributed by atoms with Gasteiger partial charge in [0.1, 0.15) is 18.1 Å². The number of hydrogen-bond acceptors (Lipinski definition) is 4. The highest BCUT2D eigenvalue weighted by Crippen LogP contribution is 2.24. The minimum Gasteiger partial charge on any atom is -0.461 e. The Labute approximate surface area is 161 Å². The fourth-order valence-corrected chi connectivity index (χ4v) is 3.27. The van der Waals surface area contributed by atoms with E-state index in [1.165, 1.54) is 4.57 Å². The summed E-state index contributed by atoms with van der Waals surface area (Å²) in [7, 11) is 0. The zero-order valence-corrected chi connectivity index (χ0v) is 15.7. The Hall–Kier alpha value is -3.61. The van der Waals surface area contributed by atoms with Gasteiger partial charge in [0.25, 0.3) is 0 Å². The molecule has 0 aliphatic rings. The number of pyridine rings is 1. The first-order chi connectivity index (χ1) is 13.6. The number of furan rings is 1. The van der Waals surface area contributed by atoms with Gasteiger partial charge < -0.3 is 9.73 Å². The summed E-state index contributed by atoms with van der Waals surface area (Å²) in [5.74, 6) is 1.28. The monoisotopic (exact) mass is 376 g/mol. The van der Waals surface area contributed by atoms with E-state index in [9.17, 15) is 9.59 Å². The number of aryl methyl sites for hydroxylation is 2. The number of nitrogens with one attached hydrogen (secondary N) is 1. The number of imidazole rings is 1. The van der Waals surface area contributed by atoms with Crippen LogP contribution in [0.2, 0.25) is 0 Å². The molecule has 1 aromatic carbocycles. The van der Waals surface area contributed by atoms with Gasteiger partial charge >= 0.3 is 5.69 Å². The molecule has 7 nitrogen and oxygen atoms in total. The molecule has 3 heterocycles. The number of aromatic nitrogens is 3. The van der Waals surface area contributed by atoms with Gasteiger partial charge in [-0.25, -0.2) is 9.78 Å². The van der Waals surface area contributed by atoms with Gasteiger partial charge in [-0.3, -0.25) is 13.9 Å². The lowest BCUT2D eigenvalue weighted by molar-refractivity contribution is -0.116. The summed E-state index contributed by atoms with van der Waals surface area (Å²) in [6, 6.07) is 14.7. The standard InChI is InChI=1S/C21H20N4O3/c1-3-24-20-17(8-5-11-22-20)25(21(24)27)13-19(26)23-16-7-4-6-15(12-16)18-10-9-14(2)28-18/h4-12H,3,13H2,1-2H3,(H,23,26). The minimum absolute atomic E-state index is 0.0852. The molecule has 1 N–H and O–H groups in total. The summed E-state index contributed by atoms with van der Waals surface area (Å²) in [5, 5.41) is 2.86. The maximum Gasteiger partial charge on any atom is 0.330 e. The average Bonchev–Trinajstić information content (AvgIpc) is 3.24. The maximum absolute atomic E-state index is 12.6. The van der Waals surface area contributed by atoms with Gasteiger partial charge in [0.15, 0.2) is 5.65 Å². The Bertz CT molecular complexity index is 1220. The molecule has 3 aromatic heterocycles. The van der Waals surface area contributed by atoms with E-state index in [1.807, 2.05) is 44.2 Å². The van der Waals surface area contributed by atoms with Crippen LogP contribution in [0.3, 0.4) is 0 Å². The van der Waals surface area contributed by atoms with Crippen molar-refractivity contribution in [1.82, 2.24) is 14.1 Å². The molecule has 0 fully saturated rings. The summed E-state index contributed by atoms with van der Waals surface area (Å²) in [5.41, 5.74) is 2.49. The smallest absolute Gasteiger partial charge is 0.330 e. The molecule has 28 heavy (non-hydrogen) atoms. The highest BCUT2D eigenvalue weighted by atomic mass is 16.3. The molecule has 0 aliphatic heterocycles. The number of fused-ring (bicyclic) bond motifs is 1. The number of hydrogen-bond donors (Lipinski definition) is 1. The summed E-state index contributed by atoms with van der Waals surface area (Å²) in [6.07, 6.45) is 1.64. The fourth-order valence-electron chi connectivity index (χ4n) is 3.27. The number of rotatable bonds is 5. The largest absolute Gasteiger partial charge is 0.461 e. The fraction of sp³-hybridized carbons (Fsp3) is 0.190. The van der Waals surface area contributed by atoms with Crippen LogP contribution in [0.5, 0.6) is 0 Å². The van der Waals surface area contributed by atoms with Crippen molar-refractivity contribution in [1.29, 1.82) is 0 Å². The van der Waals surface area contributed by atoms with E-state index in [4.69, 9.17) is 4.42 Å². The van der Waals surface area contributed by atoms with Crippen LogP contribution >= 0.6 is 0 Å². The van der Waals surface area contributed by atoms with E-state index < -0.39 is 0 Å². The van der Waals surface area contributed by atoms with E-state index in [0.29, 0.717) is 23.4 Å². The van der Waals surface area contributed by atoms with Crippen molar-refractivity contribution in [2.75, 3.05) is 5.32 Å². The molecule has 0 spiro atoms. The van der Waals surface area contributed by atoms with Crippen LogP contribution in [-0.2, 0) is 17.9 Å². The predicted molar refractivity (Wildman–Crippen MR) is 107 cm³/mol. The lowest BCUT2D eigenvalue weighted by atomic mass is 10.1. The Morgan fingerprint density at radius 3 is 2.75 bits per heavy atom. The molecule has 0 unspecified atom stereocenters. The summed E-state index contributed by atoms with van der Waals surface area (Å²) < 4.78 is 8.64. The maximum atomic E-state index is 12.6. The van der Waals surface area contributed by atoms with Crippen LogP contribution in [0.15, 0.2) is 63.9 Å². The van der Waals surface area contributed by atoms with Gasteiger partial charge in [-0.15, -0.1) is 0 Å². The third-order valence-electron chi connectivity index (χ3n) is 4.56. The number of nitrogens with zero attached hydrogens (tertiary/aromatic N) is 3. The molecule has 7 heteroatoms. The Morgan fingerprint density at radius 2 is 2.00 bits per heavy atom. The molecule has 4 aromatic rings. The lowest BCUT2D eigenvalue weighted by Gasteiger charge is -2.07. The Morgan fingerprint density at radius 1 is 1.14 bits per heavy atom. The van der Waals surface area contributed by atoms with Gasteiger partial charge in [-0.2, -0.15) is 0 Å². The third-order valence-corrected chi connectivity index (χ3v) is 4.56. The molecule has 0 saturated carbocycles. The van der Waals surface area contributed by atoms with E-state index in [1.54, 1.807) is 29.0 Å². The molecule has 1 amide bonds. The molecule has 0 bridgehead atoms. The molecule has 4 rings (SSSR count). The highest BCUT2D eigenvalue weighted by Gasteiger charge is 2.15. The molecule has 0 radical (unpaired) electrons. The van der Waals surface area contributed by atoms with Crippen LogP contribution in [0, 0.1) is 6.92 Å². The summed E-state index contributed by atoms with van der Waals surface area (Å²) >= 11 is 0. The first-order valence-corrected chi connectivity index (χ1v) is 9.07. The second-order valence-corrected chi connectivity index (χ2v) is 6.50. The van der Waals surface area contributed by atoms with Crippen molar-refractivity contribution < 1.29 is 9.21 Å². The number of carbonyl (C=O) groups is 1. The van der Waals surface area contributed by atoms with Crippen molar-refractivity contribution >= 4 is 22.8 Å². The van der Waals surface area contributed by atoms with E-state index in [0.717, 1.165) is 17.1 Å². The van der Waals surface area contributed by atoms with Gasteiger partial charge in [-0.05, 0) is 50.2 Å². The van der Waals surface area contributed by atoms with Gasteiger partial charge in [0, 0.05) is 24.0 Å². The van der Waals surface area contributed by atoms with Crippen molar-refractivity contribution in [2.24, 2.45) is 0 Å². The van der Waals surface area contributed by atoms with Crippen LogP contribution in [0.1, 0.15) is 12.7 Å². The first kappa shape index (κ1) is 17.8. The molecular weight excluding hydrogens is 356 g/mol. The van der Waals surface area contributed by atoms with Gasteiger partial charge in [0.2, 0.25) is 5.91 Å². The summed E-state index contributed by atoms with van der Waals surface area (Å²) in [6.45, 7) is 4.17. The molecule has 0 aliphatic carbocycles. The van der Waals surface area contributed by atoms with Crippen molar-refractivity contribution in [3.05, 3.63) is 71.0 Å². The van der Waals surface area contributed by atoms with Crippen LogP contribution < -0.4 is 11.0 Å². The number of benzene rings is 1. The zero-order valence-electron chi connectivity index (χ0n) is 15.7. The van der Waals surface area contributed by atoms with Crippen LogP contribution in [0.25, 0.3) is 22.5 Å². The third kappa shape index (κ3) is 3.22. The lowest BCUT2D eigenvalue weighted by Crippen LogP contribution is -2.29. The molecule has 0 atom stereocenters. The van der Waals surface area contributed by atoms with Crippen LogP contribution in [0.4, 0.5) is 5.69 Å². The van der Waals surface area contributed by atoms with Crippen LogP contribution in [-0.4, -0.2) is 20.0 Å². The number of amides is 1. The van der Waals surface area contributed by atoms with E-state index in [-0.39, 0.29) is 18.1 Å². The number of carbonyl (C=O) groups excluding carboxylic acids is 1. The van der Waals surface area contributed by atoms with Crippen molar-refractivity contribution in [3.8, 4) is 11.3 Å². The van der Waals surface area contributed by atoms with Crippen molar-refractivity contribution in [2.45, 2.75) is 26.9 Å². The topological polar surface area (TPSA) is 82.1 Å². The second-order valence-electron chi connectivity index (χ2n) is 6.50. The van der Waals surface area contributed by atoms with Crippen molar-refractivity contribution in [3.63, 3.8) is 0 Å². The van der Waals surface area contributed by atoms with Gasteiger partial charge in [0.05, 0.1) is 5.52 Å². The molecular formula is C21H20N4O3.